The molecule has 30 heavy (non-hydrogen) atoms. The van der Waals surface area contributed by atoms with Crippen LogP contribution in [0, 0.1) is 0 Å². The van der Waals surface area contributed by atoms with Crippen molar-refractivity contribution in [2.75, 3.05) is 5.75 Å². The maximum atomic E-state index is 12.6. The third-order valence-corrected chi connectivity index (χ3v) is 7.33. The van der Waals surface area contributed by atoms with Crippen molar-refractivity contribution in [1.82, 2.24) is 4.57 Å². The number of benzene rings is 2. The molecule has 1 saturated carbocycles. The summed E-state index contributed by atoms with van der Waals surface area (Å²) in [5.74, 6) is -2.08. The molecule has 7 heteroatoms. The smallest absolute Gasteiger partial charge is 0.233 e. The molecule has 6 nitrogen and oxygen atoms in total. The molecule has 4 rings (SSSR count). The monoisotopic (exact) mass is 423 g/mol. The van der Waals surface area contributed by atoms with E-state index in [0.29, 0.717) is 19.4 Å². The first-order valence-electron chi connectivity index (χ1n) is 9.66. The van der Waals surface area contributed by atoms with Gasteiger partial charge in [0.05, 0.1) is 17.0 Å². The first kappa shape index (κ1) is 20.1. The van der Waals surface area contributed by atoms with Gasteiger partial charge in [-0.2, -0.15) is 0 Å². The fourth-order valence-electron chi connectivity index (χ4n) is 3.46. The van der Waals surface area contributed by atoms with Crippen LogP contribution in [0.25, 0.3) is 11.1 Å². The van der Waals surface area contributed by atoms with Gasteiger partial charge in [-0.1, -0.05) is 54.6 Å². The number of sulfone groups is 1. The summed E-state index contributed by atoms with van der Waals surface area (Å²) >= 11 is 0. The Balaban J connectivity index is 1.67. The van der Waals surface area contributed by atoms with E-state index in [2.05, 4.69) is 0 Å². The lowest BCUT2D eigenvalue weighted by Crippen LogP contribution is -2.25. The summed E-state index contributed by atoms with van der Waals surface area (Å²) in [5, 5.41) is 9.59. The minimum atomic E-state index is -3.56. The molecule has 0 unspecified atom stereocenters. The van der Waals surface area contributed by atoms with Gasteiger partial charge in [0.1, 0.15) is 5.75 Å². The second kappa shape index (κ2) is 7.91. The molecule has 1 N–H and O–H groups in total. The van der Waals surface area contributed by atoms with Gasteiger partial charge in [0.25, 0.3) is 0 Å². The third kappa shape index (κ3) is 4.21. The highest BCUT2D eigenvalue weighted by molar-refractivity contribution is 7.93. The van der Waals surface area contributed by atoms with E-state index in [1.807, 2.05) is 54.6 Å². The maximum absolute atomic E-state index is 12.6. The van der Waals surface area contributed by atoms with Crippen LogP contribution < -0.4 is 5.43 Å². The maximum Gasteiger partial charge on any atom is 0.233 e. The molecule has 3 aromatic rings. The number of hydrogen-bond donors (Lipinski definition) is 1. The van der Waals surface area contributed by atoms with Crippen LogP contribution in [0.4, 0.5) is 0 Å². The number of rotatable bonds is 7. The second-order valence-corrected chi connectivity index (χ2v) is 9.79. The number of aromatic hydroxyl groups is 1. The van der Waals surface area contributed by atoms with Gasteiger partial charge in [-0.25, -0.2) is 8.42 Å². The standard InChI is InChI=1S/C23H21NO5S/c25-21-14-24(12-17-8-4-5-9-19(17)16-6-2-1-3-7-16)13-20(23(21)27)22(26)15-30(28,29)18-10-11-18/h1-9,13-14,18,25H,10-12,15H2. The number of pyridine rings is 1. The molecule has 0 bridgehead atoms. The average molecular weight is 423 g/mol. The van der Waals surface area contributed by atoms with E-state index >= 15 is 0 Å². The number of carbonyl (C=O) groups excluding carboxylic acids is 1. The zero-order valence-electron chi connectivity index (χ0n) is 16.2. The molecule has 0 aliphatic heterocycles. The molecule has 0 atom stereocenters. The Morgan fingerprint density at radius 2 is 1.67 bits per heavy atom. The Bertz CT molecular complexity index is 1260. The van der Waals surface area contributed by atoms with Crippen LogP contribution in [-0.2, 0) is 16.4 Å². The summed E-state index contributed by atoms with van der Waals surface area (Å²) in [6, 6.07) is 17.5. The first-order valence-corrected chi connectivity index (χ1v) is 11.4. The van der Waals surface area contributed by atoms with Crippen molar-refractivity contribution in [3.8, 4) is 16.9 Å². The highest BCUT2D eigenvalue weighted by Crippen LogP contribution is 2.29. The van der Waals surface area contributed by atoms with E-state index in [1.165, 1.54) is 17.0 Å². The predicted octanol–water partition coefficient (Wildman–Crippen LogP) is 3.03. The highest BCUT2D eigenvalue weighted by atomic mass is 32.2. The molecule has 0 saturated heterocycles. The molecule has 1 aliphatic carbocycles. The molecule has 0 spiro atoms. The number of carbonyl (C=O) groups is 1. The molecule has 1 fully saturated rings. The van der Waals surface area contributed by atoms with Crippen LogP contribution in [0.2, 0.25) is 0 Å². The Kier molecular flexibility index (Phi) is 5.30. The number of Topliss-reactive ketones (excluding diaryl/α,β-unsaturated/α-hetero) is 1. The summed E-state index contributed by atoms with van der Waals surface area (Å²) in [5.41, 5.74) is 1.77. The summed E-state index contributed by atoms with van der Waals surface area (Å²) in [7, 11) is -3.56. The second-order valence-electron chi connectivity index (χ2n) is 7.51. The Morgan fingerprint density at radius 1 is 1.00 bits per heavy atom. The van der Waals surface area contributed by atoms with Crippen LogP contribution in [0.1, 0.15) is 28.8 Å². The van der Waals surface area contributed by atoms with Crippen LogP contribution in [-0.4, -0.2) is 34.9 Å². The van der Waals surface area contributed by atoms with Gasteiger partial charge in [0.15, 0.2) is 21.4 Å². The van der Waals surface area contributed by atoms with E-state index in [-0.39, 0.29) is 5.56 Å². The predicted molar refractivity (Wildman–Crippen MR) is 114 cm³/mol. The van der Waals surface area contributed by atoms with Gasteiger partial charge >= 0.3 is 0 Å². The normalized spacial score (nSPS) is 13.9. The largest absolute Gasteiger partial charge is 0.503 e. The van der Waals surface area contributed by atoms with Crippen molar-refractivity contribution in [2.24, 2.45) is 0 Å². The summed E-state index contributed by atoms with van der Waals surface area (Å²) < 4.78 is 25.9. The lowest BCUT2D eigenvalue weighted by molar-refractivity contribution is 0.101. The fourth-order valence-corrected chi connectivity index (χ4v) is 5.08. The number of aromatic nitrogens is 1. The van der Waals surface area contributed by atoms with Crippen molar-refractivity contribution in [2.45, 2.75) is 24.6 Å². The van der Waals surface area contributed by atoms with Gasteiger partial charge < -0.3 is 9.67 Å². The van der Waals surface area contributed by atoms with Crippen LogP contribution in [0.5, 0.6) is 5.75 Å². The molecular weight excluding hydrogens is 402 g/mol. The van der Waals surface area contributed by atoms with Crippen LogP contribution in [0.15, 0.2) is 71.8 Å². The Labute approximate surface area is 174 Å². The van der Waals surface area contributed by atoms with Crippen molar-refractivity contribution in [1.29, 1.82) is 0 Å². The van der Waals surface area contributed by atoms with Crippen LogP contribution >= 0.6 is 0 Å². The molecule has 0 amide bonds. The minimum absolute atomic E-state index is 0.300. The lowest BCUT2D eigenvalue weighted by Gasteiger charge is -2.13. The van der Waals surface area contributed by atoms with E-state index in [9.17, 15) is 23.1 Å². The third-order valence-electron chi connectivity index (χ3n) is 5.18. The summed E-state index contributed by atoms with van der Waals surface area (Å²) in [4.78, 5) is 24.9. The topological polar surface area (TPSA) is 93.4 Å². The molecule has 1 aliphatic rings. The molecule has 154 valence electrons. The minimum Gasteiger partial charge on any atom is -0.503 e. The van der Waals surface area contributed by atoms with E-state index < -0.39 is 37.8 Å². The van der Waals surface area contributed by atoms with Crippen molar-refractivity contribution in [3.63, 3.8) is 0 Å². The van der Waals surface area contributed by atoms with Gasteiger partial charge in [0.2, 0.25) is 5.43 Å². The Hall–Kier alpha value is -3.19. The van der Waals surface area contributed by atoms with Gasteiger partial charge in [-0.15, -0.1) is 0 Å². The van der Waals surface area contributed by atoms with E-state index in [4.69, 9.17) is 0 Å². The number of nitrogens with zero attached hydrogens (tertiary/aromatic N) is 1. The van der Waals surface area contributed by atoms with E-state index in [0.717, 1.165) is 16.7 Å². The first-order chi connectivity index (χ1) is 14.3. The molecular formula is C23H21NO5S. The van der Waals surface area contributed by atoms with Crippen LogP contribution in [0.3, 0.4) is 0 Å². The van der Waals surface area contributed by atoms with Crippen molar-refractivity contribution in [3.05, 3.63) is 88.3 Å². The van der Waals surface area contributed by atoms with Crippen molar-refractivity contribution >= 4 is 15.6 Å². The molecule has 1 aromatic heterocycles. The van der Waals surface area contributed by atoms with Gasteiger partial charge in [0, 0.05) is 12.7 Å². The number of hydrogen-bond acceptors (Lipinski definition) is 5. The van der Waals surface area contributed by atoms with Gasteiger partial charge in [-0.3, -0.25) is 9.59 Å². The lowest BCUT2D eigenvalue weighted by atomic mass is 9.99. The highest BCUT2D eigenvalue weighted by Gasteiger charge is 2.37. The fraction of sp³-hybridized carbons (Fsp3) is 0.217. The number of ketones is 1. The zero-order chi connectivity index (χ0) is 21.3. The van der Waals surface area contributed by atoms with Crippen molar-refractivity contribution < 1.29 is 18.3 Å². The summed E-state index contributed by atoms with van der Waals surface area (Å²) in [6.07, 6.45) is 3.69. The zero-order valence-corrected chi connectivity index (χ0v) is 17.0. The quantitative estimate of drug-likeness (QED) is 0.590. The van der Waals surface area contributed by atoms with E-state index in [1.54, 1.807) is 0 Å². The molecule has 0 radical (unpaired) electrons. The van der Waals surface area contributed by atoms with Gasteiger partial charge in [-0.05, 0) is 29.5 Å². The molecule has 1 heterocycles. The Morgan fingerprint density at radius 3 is 2.37 bits per heavy atom. The summed E-state index contributed by atoms with van der Waals surface area (Å²) in [6.45, 7) is 0.300. The average Bonchev–Trinajstić information content (AvgIpc) is 3.57. The molecule has 2 aromatic carbocycles. The SMILES string of the molecule is O=C(CS(=O)(=O)C1CC1)c1cn(Cc2ccccc2-c2ccccc2)cc(O)c1=O.